The Balaban J connectivity index is 2.70. The Bertz CT molecular complexity index is 615. The number of aldehydes is 1. The molecule has 0 fully saturated rings. The molecule has 0 unspecified atom stereocenters. The van der Waals surface area contributed by atoms with Crippen LogP contribution in [-0.2, 0) is 6.54 Å². The van der Waals surface area contributed by atoms with Crippen LogP contribution in [0.5, 0.6) is 5.75 Å². The molecule has 0 aliphatic carbocycles. The molecular weight excluding hydrogens is 240 g/mol. The van der Waals surface area contributed by atoms with E-state index in [4.69, 9.17) is 4.74 Å². The summed E-state index contributed by atoms with van der Waals surface area (Å²) >= 11 is 0. The zero-order valence-corrected chi connectivity index (χ0v) is 11.7. The molecule has 19 heavy (non-hydrogen) atoms. The van der Waals surface area contributed by atoms with Crippen molar-refractivity contribution in [2.75, 3.05) is 7.11 Å². The number of carbonyl (C=O) groups excluding carboxylic acids is 1. The van der Waals surface area contributed by atoms with Gasteiger partial charge in [0.15, 0.2) is 6.29 Å². The topological polar surface area (TPSA) is 44.1 Å². The molecule has 0 spiro atoms. The lowest BCUT2D eigenvalue weighted by Crippen LogP contribution is -1.99. The number of aromatic nitrogens is 2. The molecule has 0 radical (unpaired) electrons. The Morgan fingerprint density at radius 2 is 2.11 bits per heavy atom. The molecule has 0 amide bonds. The predicted molar refractivity (Wildman–Crippen MR) is 74.8 cm³/mol. The molecule has 0 N–H and O–H groups in total. The van der Waals surface area contributed by atoms with Gasteiger partial charge in [0.1, 0.15) is 5.75 Å². The number of rotatable bonds is 4. The zero-order valence-electron chi connectivity index (χ0n) is 11.7. The summed E-state index contributed by atoms with van der Waals surface area (Å²) in [7, 11) is 1.62. The number of aryl methyl sites for hydroxylation is 2. The SMILES string of the molecule is CCn1nc(C)c(-c2cc(OC)ccc2C=O)c1C. The minimum Gasteiger partial charge on any atom is -0.497 e. The summed E-state index contributed by atoms with van der Waals surface area (Å²) in [6, 6.07) is 5.46. The van der Waals surface area contributed by atoms with Gasteiger partial charge in [0, 0.05) is 23.4 Å². The molecule has 1 aromatic carbocycles. The number of ether oxygens (including phenoxy) is 1. The number of carbonyl (C=O) groups is 1. The summed E-state index contributed by atoms with van der Waals surface area (Å²) in [6.45, 7) is 6.85. The maximum atomic E-state index is 11.2. The van der Waals surface area contributed by atoms with E-state index in [-0.39, 0.29) is 0 Å². The summed E-state index contributed by atoms with van der Waals surface area (Å²) in [5.41, 5.74) is 4.54. The van der Waals surface area contributed by atoms with Crippen LogP contribution in [0.25, 0.3) is 11.1 Å². The summed E-state index contributed by atoms with van der Waals surface area (Å²) in [5, 5.41) is 4.50. The van der Waals surface area contributed by atoms with Gasteiger partial charge in [-0.15, -0.1) is 0 Å². The van der Waals surface area contributed by atoms with Gasteiger partial charge < -0.3 is 4.74 Å². The number of benzene rings is 1. The fourth-order valence-corrected chi connectivity index (χ4v) is 2.38. The maximum Gasteiger partial charge on any atom is 0.150 e. The number of hydrogen-bond donors (Lipinski definition) is 0. The van der Waals surface area contributed by atoms with Gasteiger partial charge in [-0.3, -0.25) is 9.48 Å². The van der Waals surface area contributed by atoms with Crippen LogP contribution in [0.1, 0.15) is 28.7 Å². The van der Waals surface area contributed by atoms with Gasteiger partial charge in [-0.05, 0) is 44.5 Å². The first kappa shape index (κ1) is 13.3. The van der Waals surface area contributed by atoms with Crippen molar-refractivity contribution in [3.8, 4) is 16.9 Å². The van der Waals surface area contributed by atoms with Gasteiger partial charge in [0.25, 0.3) is 0 Å². The average Bonchev–Trinajstić information content (AvgIpc) is 2.72. The van der Waals surface area contributed by atoms with Crippen LogP contribution >= 0.6 is 0 Å². The van der Waals surface area contributed by atoms with Crippen LogP contribution in [0.2, 0.25) is 0 Å². The lowest BCUT2D eigenvalue weighted by molar-refractivity contribution is 0.112. The Labute approximate surface area is 113 Å². The summed E-state index contributed by atoms with van der Waals surface area (Å²) in [6.07, 6.45) is 0.872. The fourth-order valence-electron chi connectivity index (χ4n) is 2.38. The molecule has 2 aromatic rings. The van der Waals surface area contributed by atoms with Crippen LogP contribution in [0.3, 0.4) is 0 Å². The van der Waals surface area contributed by atoms with Crippen LogP contribution < -0.4 is 4.74 Å². The van der Waals surface area contributed by atoms with Gasteiger partial charge in [0.05, 0.1) is 12.8 Å². The zero-order chi connectivity index (χ0) is 14.0. The Morgan fingerprint density at radius 3 is 2.63 bits per heavy atom. The number of nitrogens with zero attached hydrogens (tertiary/aromatic N) is 2. The van der Waals surface area contributed by atoms with E-state index in [0.29, 0.717) is 5.56 Å². The highest BCUT2D eigenvalue weighted by Crippen LogP contribution is 2.32. The first-order valence-corrected chi connectivity index (χ1v) is 6.30. The summed E-state index contributed by atoms with van der Waals surface area (Å²) in [4.78, 5) is 11.2. The minimum atomic E-state index is 0.655. The number of methoxy groups -OCH3 is 1. The smallest absolute Gasteiger partial charge is 0.150 e. The molecule has 1 heterocycles. The Kier molecular flexibility index (Phi) is 3.69. The second-order valence-corrected chi connectivity index (χ2v) is 4.43. The third-order valence-electron chi connectivity index (χ3n) is 3.34. The van der Waals surface area contributed by atoms with Crippen molar-refractivity contribution in [2.45, 2.75) is 27.3 Å². The predicted octanol–water partition coefficient (Wildman–Crippen LogP) is 3.01. The van der Waals surface area contributed by atoms with Gasteiger partial charge in [0.2, 0.25) is 0 Å². The lowest BCUT2D eigenvalue weighted by Gasteiger charge is -2.08. The van der Waals surface area contributed by atoms with Crippen LogP contribution in [-0.4, -0.2) is 23.2 Å². The molecule has 4 nitrogen and oxygen atoms in total. The third-order valence-corrected chi connectivity index (χ3v) is 3.34. The molecule has 0 aliphatic rings. The average molecular weight is 258 g/mol. The van der Waals surface area contributed by atoms with Crippen molar-refractivity contribution in [3.05, 3.63) is 35.2 Å². The van der Waals surface area contributed by atoms with Crippen molar-refractivity contribution in [2.24, 2.45) is 0 Å². The highest BCUT2D eigenvalue weighted by atomic mass is 16.5. The van der Waals surface area contributed by atoms with E-state index >= 15 is 0 Å². The van der Waals surface area contributed by atoms with E-state index in [2.05, 4.69) is 12.0 Å². The second-order valence-electron chi connectivity index (χ2n) is 4.43. The molecule has 4 heteroatoms. The van der Waals surface area contributed by atoms with Crippen molar-refractivity contribution in [1.82, 2.24) is 9.78 Å². The van der Waals surface area contributed by atoms with E-state index in [1.807, 2.05) is 24.6 Å². The second kappa shape index (κ2) is 5.26. The third kappa shape index (κ3) is 2.26. The summed E-state index contributed by atoms with van der Waals surface area (Å²) in [5.74, 6) is 0.739. The van der Waals surface area contributed by atoms with Crippen LogP contribution in [0.4, 0.5) is 0 Å². The summed E-state index contributed by atoms with van der Waals surface area (Å²) < 4.78 is 7.19. The van der Waals surface area contributed by atoms with Crippen molar-refractivity contribution < 1.29 is 9.53 Å². The van der Waals surface area contributed by atoms with Gasteiger partial charge in [-0.2, -0.15) is 5.10 Å². The van der Waals surface area contributed by atoms with Crippen molar-refractivity contribution >= 4 is 6.29 Å². The molecular formula is C15H18N2O2. The van der Waals surface area contributed by atoms with Crippen LogP contribution in [0, 0.1) is 13.8 Å². The first-order valence-electron chi connectivity index (χ1n) is 6.30. The maximum absolute atomic E-state index is 11.2. The molecule has 2 rings (SSSR count). The molecule has 0 bridgehead atoms. The van der Waals surface area contributed by atoms with Crippen molar-refractivity contribution in [3.63, 3.8) is 0 Å². The molecule has 0 aliphatic heterocycles. The van der Waals surface area contributed by atoms with E-state index < -0.39 is 0 Å². The first-order chi connectivity index (χ1) is 9.12. The standard InChI is InChI=1S/C15H18N2O2/c1-5-17-11(3)15(10(2)16-17)14-8-13(19-4)7-6-12(14)9-18/h6-9H,5H2,1-4H3. The molecule has 0 saturated carbocycles. The normalized spacial score (nSPS) is 10.5. The Hall–Kier alpha value is -2.10. The highest BCUT2D eigenvalue weighted by Gasteiger charge is 2.16. The number of hydrogen-bond acceptors (Lipinski definition) is 3. The Morgan fingerprint density at radius 1 is 1.37 bits per heavy atom. The molecule has 1 aromatic heterocycles. The lowest BCUT2D eigenvalue weighted by atomic mass is 9.98. The molecule has 100 valence electrons. The largest absolute Gasteiger partial charge is 0.497 e. The van der Waals surface area contributed by atoms with E-state index in [0.717, 1.165) is 41.1 Å². The molecule has 0 saturated heterocycles. The molecule has 0 atom stereocenters. The quantitative estimate of drug-likeness (QED) is 0.792. The highest BCUT2D eigenvalue weighted by molar-refractivity contribution is 5.89. The van der Waals surface area contributed by atoms with Gasteiger partial charge >= 0.3 is 0 Å². The minimum absolute atomic E-state index is 0.655. The van der Waals surface area contributed by atoms with E-state index in [1.165, 1.54) is 0 Å². The monoisotopic (exact) mass is 258 g/mol. The van der Waals surface area contributed by atoms with Crippen molar-refractivity contribution in [1.29, 1.82) is 0 Å². The van der Waals surface area contributed by atoms with E-state index in [1.54, 1.807) is 19.2 Å². The van der Waals surface area contributed by atoms with Crippen LogP contribution in [0.15, 0.2) is 18.2 Å². The van der Waals surface area contributed by atoms with Gasteiger partial charge in [-0.1, -0.05) is 0 Å². The van der Waals surface area contributed by atoms with Gasteiger partial charge in [-0.25, -0.2) is 0 Å². The van der Waals surface area contributed by atoms with E-state index in [9.17, 15) is 4.79 Å². The fraction of sp³-hybridized carbons (Fsp3) is 0.333.